The number of hydrogen-bond donors (Lipinski definition) is 1. The zero-order chi connectivity index (χ0) is 12.3. The van der Waals surface area contributed by atoms with Crippen LogP contribution in [0.15, 0.2) is 12.4 Å². The third-order valence-corrected chi connectivity index (χ3v) is 4.32. The Balaban J connectivity index is 1.97. The van der Waals surface area contributed by atoms with E-state index in [0.717, 1.165) is 5.92 Å². The molecule has 1 saturated carbocycles. The van der Waals surface area contributed by atoms with Crippen LogP contribution in [0.1, 0.15) is 63.6 Å². The fourth-order valence-electron chi connectivity index (χ4n) is 2.76. The summed E-state index contributed by atoms with van der Waals surface area (Å²) in [6, 6.07) is 1.03. The number of rotatable bonds is 4. The number of aromatic nitrogens is 2. The molecule has 0 radical (unpaired) electrons. The summed E-state index contributed by atoms with van der Waals surface area (Å²) in [4.78, 5) is 0. The van der Waals surface area contributed by atoms with Gasteiger partial charge in [0, 0.05) is 17.8 Å². The van der Waals surface area contributed by atoms with E-state index in [2.05, 4.69) is 35.1 Å². The summed E-state index contributed by atoms with van der Waals surface area (Å²) in [5, 5.41) is 7.80. The first-order valence-corrected chi connectivity index (χ1v) is 6.95. The summed E-state index contributed by atoms with van der Waals surface area (Å²) in [7, 11) is 1.99. The van der Waals surface area contributed by atoms with Crippen LogP contribution in [0.2, 0.25) is 0 Å². The lowest BCUT2D eigenvalue weighted by Gasteiger charge is -2.27. The van der Waals surface area contributed by atoms with Crippen LogP contribution in [0.4, 0.5) is 0 Å². The maximum Gasteiger partial charge on any atom is 0.0537 e. The third-order valence-electron chi connectivity index (χ3n) is 4.32. The van der Waals surface area contributed by atoms with Crippen LogP contribution in [0.25, 0.3) is 0 Å². The Morgan fingerprint density at radius 2 is 2.12 bits per heavy atom. The number of nitrogens with zero attached hydrogens (tertiary/aromatic N) is 2. The first kappa shape index (κ1) is 12.6. The molecular weight excluding hydrogens is 210 g/mol. The molecule has 96 valence electrons. The molecule has 1 heterocycles. The van der Waals surface area contributed by atoms with Gasteiger partial charge in [-0.1, -0.05) is 13.3 Å². The van der Waals surface area contributed by atoms with Crippen LogP contribution >= 0.6 is 0 Å². The molecule has 1 fully saturated rings. The summed E-state index contributed by atoms with van der Waals surface area (Å²) >= 11 is 0. The molecule has 3 nitrogen and oxygen atoms in total. The Morgan fingerprint density at radius 1 is 1.41 bits per heavy atom. The molecule has 1 atom stereocenters. The lowest BCUT2D eigenvalue weighted by atomic mass is 9.85. The topological polar surface area (TPSA) is 29.9 Å². The summed E-state index contributed by atoms with van der Waals surface area (Å²) in [5.41, 5.74) is 1.30. The van der Waals surface area contributed by atoms with Crippen molar-refractivity contribution in [2.75, 3.05) is 7.05 Å². The van der Waals surface area contributed by atoms with Gasteiger partial charge in [-0.05, 0) is 45.6 Å². The highest BCUT2D eigenvalue weighted by Crippen LogP contribution is 2.33. The molecule has 2 rings (SSSR count). The molecule has 0 amide bonds. The lowest BCUT2D eigenvalue weighted by Crippen LogP contribution is -2.18. The van der Waals surface area contributed by atoms with Crippen molar-refractivity contribution < 1.29 is 0 Å². The second kappa shape index (κ2) is 5.67. The van der Waals surface area contributed by atoms with Gasteiger partial charge in [-0.2, -0.15) is 5.10 Å². The van der Waals surface area contributed by atoms with Gasteiger partial charge < -0.3 is 5.32 Å². The predicted octanol–water partition coefficient (Wildman–Crippen LogP) is 3.30. The van der Waals surface area contributed by atoms with Crippen LogP contribution in [-0.2, 0) is 0 Å². The van der Waals surface area contributed by atoms with E-state index in [1.165, 1.54) is 37.7 Å². The van der Waals surface area contributed by atoms with Crippen LogP contribution in [0, 0.1) is 5.92 Å². The van der Waals surface area contributed by atoms with Crippen molar-refractivity contribution >= 4 is 0 Å². The van der Waals surface area contributed by atoms with E-state index < -0.39 is 0 Å². The van der Waals surface area contributed by atoms with Crippen LogP contribution in [0.5, 0.6) is 0 Å². The number of nitrogens with one attached hydrogen (secondary N) is 1. The van der Waals surface area contributed by atoms with Crippen LogP contribution in [0.3, 0.4) is 0 Å². The molecule has 1 N–H and O–H groups in total. The Kier molecular flexibility index (Phi) is 4.21. The average molecular weight is 235 g/mol. The van der Waals surface area contributed by atoms with E-state index in [4.69, 9.17) is 0 Å². The maximum atomic E-state index is 4.54. The molecule has 17 heavy (non-hydrogen) atoms. The molecule has 0 aliphatic heterocycles. The molecule has 1 aromatic heterocycles. The minimum atomic E-state index is 0.399. The second-order valence-corrected chi connectivity index (χ2v) is 5.35. The van der Waals surface area contributed by atoms with Gasteiger partial charge in [0.1, 0.15) is 0 Å². The normalized spacial score (nSPS) is 27.0. The van der Waals surface area contributed by atoms with Crippen molar-refractivity contribution in [3.63, 3.8) is 0 Å². The summed E-state index contributed by atoms with van der Waals surface area (Å²) in [6.45, 7) is 4.49. The van der Waals surface area contributed by atoms with Gasteiger partial charge >= 0.3 is 0 Å². The zero-order valence-corrected chi connectivity index (χ0v) is 11.3. The van der Waals surface area contributed by atoms with E-state index in [-0.39, 0.29) is 0 Å². The van der Waals surface area contributed by atoms with Gasteiger partial charge in [0.2, 0.25) is 0 Å². The van der Waals surface area contributed by atoms with Gasteiger partial charge in [-0.25, -0.2) is 0 Å². The minimum Gasteiger partial charge on any atom is -0.313 e. The molecule has 1 unspecified atom stereocenters. The molecule has 3 heteroatoms. The van der Waals surface area contributed by atoms with E-state index in [1.54, 1.807) is 0 Å². The van der Waals surface area contributed by atoms with Crippen LogP contribution in [-0.4, -0.2) is 16.8 Å². The van der Waals surface area contributed by atoms with Crippen LogP contribution < -0.4 is 5.32 Å². The largest absolute Gasteiger partial charge is 0.313 e. The predicted molar refractivity (Wildman–Crippen MR) is 71.0 cm³/mol. The highest BCUT2D eigenvalue weighted by Gasteiger charge is 2.22. The monoisotopic (exact) mass is 235 g/mol. The Bertz CT molecular complexity index is 337. The maximum absolute atomic E-state index is 4.54. The van der Waals surface area contributed by atoms with Crippen molar-refractivity contribution in [3.05, 3.63) is 18.0 Å². The van der Waals surface area contributed by atoms with Crippen molar-refractivity contribution in [2.24, 2.45) is 5.92 Å². The summed E-state index contributed by atoms with van der Waals surface area (Å²) in [5.74, 6) is 0.956. The van der Waals surface area contributed by atoms with Gasteiger partial charge in [-0.15, -0.1) is 0 Å². The van der Waals surface area contributed by atoms with Gasteiger partial charge in [0.15, 0.2) is 0 Å². The highest BCUT2D eigenvalue weighted by molar-refractivity contribution is 5.09. The van der Waals surface area contributed by atoms with E-state index in [0.29, 0.717) is 12.1 Å². The Labute approximate surface area is 105 Å². The van der Waals surface area contributed by atoms with Crippen molar-refractivity contribution in [2.45, 2.75) is 58.0 Å². The average Bonchev–Trinajstić information content (AvgIpc) is 2.87. The van der Waals surface area contributed by atoms with E-state index in [1.807, 2.05) is 13.2 Å². The molecule has 1 aromatic rings. The standard InChI is InChI=1S/C14H25N3/c1-4-12-5-7-14(8-6-12)17-10-13(9-16-17)11(2)15-3/h9-12,14-15H,4-8H2,1-3H3. The molecule has 0 saturated heterocycles. The summed E-state index contributed by atoms with van der Waals surface area (Å²) < 4.78 is 2.19. The first-order chi connectivity index (χ1) is 8.24. The lowest BCUT2D eigenvalue weighted by molar-refractivity contribution is 0.256. The van der Waals surface area contributed by atoms with Crippen molar-refractivity contribution in [1.29, 1.82) is 0 Å². The molecule has 0 spiro atoms. The fourth-order valence-corrected chi connectivity index (χ4v) is 2.76. The molecule has 1 aliphatic carbocycles. The van der Waals surface area contributed by atoms with Gasteiger partial charge in [0.25, 0.3) is 0 Å². The Hall–Kier alpha value is -0.830. The quantitative estimate of drug-likeness (QED) is 0.867. The van der Waals surface area contributed by atoms with E-state index in [9.17, 15) is 0 Å². The zero-order valence-electron chi connectivity index (χ0n) is 11.3. The second-order valence-electron chi connectivity index (χ2n) is 5.35. The van der Waals surface area contributed by atoms with Gasteiger partial charge in [0.05, 0.1) is 12.2 Å². The number of hydrogen-bond acceptors (Lipinski definition) is 2. The van der Waals surface area contributed by atoms with E-state index >= 15 is 0 Å². The minimum absolute atomic E-state index is 0.399. The van der Waals surface area contributed by atoms with Crippen molar-refractivity contribution in [3.8, 4) is 0 Å². The van der Waals surface area contributed by atoms with Crippen molar-refractivity contribution in [1.82, 2.24) is 15.1 Å². The molecule has 0 aromatic carbocycles. The summed E-state index contributed by atoms with van der Waals surface area (Å²) in [6.07, 6.45) is 10.9. The molecular formula is C14H25N3. The first-order valence-electron chi connectivity index (χ1n) is 6.95. The third kappa shape index (κ3) is 2.89. The fraction of sp³-hybridized carbons (Fsp3) is 0.786. The molecule has 0 bridgehead atoms. The smallest absolute Gasteiger partial charge is 0.0537 e. The SMILES string of the molecule is CCC1CCC(n2cc(C(C)NC)cn2)CC1. The molecule has 1 aliphatic rings. The highest BCUT2D eigenvalue weighted by atomic mass is 15.3. The Morgan fingerprint density at radius 3 is 2.71 bits per heavy atom. The van der Waals surface area contributed by atoms with Gasteiger partial charge in [-0.3, -0.25) is 4.68 Å².